The number of hydrazine groups is 1. The second-order valence-electron chi connectivity index (χ2n) is 10.3. The summed E-state index contributed by atoms with van der Waals surface area (Å²) in [6.45, 7) is 10.1. The summed E-state index contributed by atoms with van der Waals surface area (Å²) in [5.74, 6) is 1.22. The molecule has 2 aliphatic rings. The molecule has 11 nitrogen and oxygen atoms in total. The number of nitrogens with one attached hydrogen (secondary N) is 2. The molecule has 218 valence electrons. The molecule has 0 bridgehead atoms. The lowest BCUT2D eigenvalue weighted by Gasteiger charge is -2.34. The Morgan fingerprint density at radius 2 is 1.78 bits per heavy atom. The van der Waals surface area contributed by atoms with Gasteiger partial charge in [0.25, 0.3) is 5.91 Å². The number of benzene rings is 2. The highest BCUT2D eigenvalue weighted by Crippen LogP contribution is 2.37. The van der Waals surface area contributed by atoms with E-state index in [1.165, 1.54) is 0 Å². The molecule has 1 fully saturated rings. The van der Waals surface area contributed by atoms with Gasteiger partial charge in [-0.3, -0.25) is 9.80 Å². The predicted molar refractivity (Wildman–Crippen MR) is 165 cm³/mol. The first-order valence-corrected chi connectivity index (χ1v) is 16.0. The SMILES string of the molecule is CC(C)Oc1cc2c(cc1Nc1ncc(I)c(Nc3ccccc3S(=O)(=O)C(C)C)n1)C(=O)N(N1CCOCC1)C2. The molecule has 5 rings (SSSR count). The number of ether oxygens (including phenoxy) is 2. The van der Waals surface area contributed by atoms with E-state index in [1.54, 1.807) is 55.4 Å². The lowest BCUT2D eigenvalue weighted by Crippen LogP contribution is -2.48. The minimum atomic E-state index is -3.53. The molecule has 2 aromatic carbocycles. The van der Waals surface area contributed by atoms with Gasteiger partial charge in [-0.05, 0) is 80.1 Å². The molecule has 0 spiro atoms. The number of halogens is 1. The van der Waals surface area contributed by atoms with Gasteiger partial charge >= 0.3 is 0 Å². The highest BCUT2D eigenvalue weighted by atomic mass is 127. The summed E-state index contributed by atoms with van der Waals surface area (Å²) >= 11 is 2.10. The monoisotopic (exact) mass is 692 g/mol. The normalized spacial score (nSPS) is 15.9. The van der Waals surface area contributed by atoms with Gasteiger partial charge in [-0.2, -0.15) is 4.98 Å². The Balaban J connectivity index is 1.45. The molecule has 2 N–H and O–H groups in total. The van der Waals surface area contributed by atoms with Gasteiger partial charge < -0.3 is 20.1 Å². The largest absolute Gasteiger partial charge is 0.489 e. The van der Waals surface area contributed by atoms with Gasteiger partial charge in [0.15, 0.2) is 9.84 Å². The molecule has 1 amide bonds. The summed E-state index contributed by atoms with van der Waals surface area (Å²) in [5, 5.41) is 9.62. The highest BCUT2D eigenvalue weighted by molar-refractivity contribution is 14.1. The van der Waals surface area contributed by atoms with Crippen LogP contribution in [-0.4, -0.2) is 72.0 Å². The first kappa shape index (κ1) is 29.5. The highest BCUT2D eigenvalue weighted by Gasteiger charge is 2.34. The van der Waals surface area contributed by atoms with E-state index in [4.69, 9.17) is 9.47 Å². The van der Waals surface area contributed by atoms with Gasteiger partial charge in [-0.15, -0.1) is 0 Å². The summed E-state index contributed by atoms with van der Waals surface area (Å²) in [4.78, 5) is 22.7. The van der Waals surface area contributed by atoms with Crippen LogP contribution in [0.4, 0.5) is 23.1 Å². The Morgan fingerprint density at radius 1 is 1.05 bits per heavy atom. The van der Waals surface area contributed by atoms with E-state index in [-0.39, 0.29) is 22.9 Å². The Labute approximate surface area is 253 Å². The van der Waals surface area contributed by atoms with Gasteiger partial charge in [-0.1, -0.05) is 12.1 Å². The van der Waals surface area contributed by atoms with E-state index in [0.29, 0.717) is 64.9 Å². The van der Waals surface area contributed by atoms with E-state index < -0.39 is 15.1 Å². The van der Waals surface area contributed by atoms with Crippen LogP contribution in [0, 0.1) is 3.57 Å². The molecule has 2 aliphatic heterocycles. The van der Waals surface area contributed by atoms with Crippen molar-refractivity contribution < 1.29 is 22.7 Å². The maximum atomic E-state index is 13.4. The van der Waals surface area contributed by atoms with Crippen molar-refractivity contribution in [2.24, 2.45) is 0 Å². The Kier molecular flexibility index (Phi) is 8.68. The zero-order valence-corrected chi connectivity index (χ0v) is 26.3. The van der Waals surface area contributed by atoms with Crippen molar-refractivity contribution in [3.8, 4) is 5.75 Å². The Bertz CT molecular complexity index is 1560. The number of sulfone groups is 1. The standard InChI is InChI=1S/C28H33IN6O5S/c1-17(2)40-24-13-19-16-35(34-9-11-39-12-10-34)27(36)20(19)14-23(24)32-28-30-15-21(29)26(33-28)31-22-7-5-6-8-25(22)41(37,38)18(3)4/h5-8,13-15,17-18H,9-12,16H2,1-4H3,(H2,30,31,32,33). The van der Waals surface area contributed by atoms with E-state index in [2.05, 4.69) is 43.2 Å². The van der Waals surface area contributed by atoms with Crippen LogP contribution in [0.2, 0.25) is 0 Å². The lowest BCUT2D eigenvalue weighted by molar-refractivity contribution is -0.0699. The fraction of sp³-hybridized carbons (Fsp3) is 0.393. The number of nitrogens with zero attached hydrogens (tertiary/aromatic N) is 4. The van der Waals surface area contributed by atoms with Crippen LogP contribution in [0.15, 0.2) is 47.5 Å². The first-order valence-electron chi connectivity index (χ1n) is 13.4. The topological polar surface area (TPSA) is 126 Å². The predicted octanol–water partition coefficient (Wildman–Crippen LogP) is 4.74. The van der Waals surface area contributed by atoms with Crippen LogP contribution in [0.5, 0.6) is 5.75 Å². The van der Waals surface area contributed by atoms with Crippen molar-refractivity contribution >= 4 is 61.5 Å². The number of amides is 1. The molecule has 3 heterocycles. The number of hydrogen-bond donors (Lipinski definition) is 2. The number of fused-ring (bicyclic) bond motifs is 1. The Morgan fingerprint density at radius 3 is 2.49 bits per heavy atom. The van der Waals surface area contributed by atoms with Crippen LogP contribution >= 0.6 is 22.6 Å². The van der Waals surface area contributed by atoms with Gasteiger partial charge in [0.2, 0.25) is 5.95 Å². The minimum absolute atomic E-state index is 0.0742. The van der Waals surface area contributed by atoms with E-state index >= 15 is 0 Å². The van der Waals surface area contributed by atoms with E-state index in [0.717, 1.165) is 5.56 Å². The molecule has 0 aliphatic carbocycles. The van der Waals surface area contributed by atoms with Gasteiger partial charge in [0.1, 0.15) is 11.6 Å². The number of anilines is 4. The van der Waals surface area contributed by atoms with Crippen LogP contribution in [0.3, 0.4) is 0 Å². The third-order valence-corrected chi connectivity index (χ3v) is 9.74. The number of rotatable bonds is 9. The number of aromatic nitrogens is 2. The van der Waals surface area contributed by atoms with Crippen molar-refractivity contribution in [2.75, 3.05) is 36.9 Å². The molecule has 0 radical (unpaired) electrons. The van der Waals surface area contributed by atoms with Crippen LogP contribution in [0.1, 0.15) is 43.6 Å². The zero-order valence-electron chi connectivity index (χ0n) is 23.3. The quantitative estimate of drug-likeness (QED) is 0.304. The van der Waals surface area contributed by atoms with Gasteiger partial charge in [0, 0.05) is 24.8 Å². The summed E-state index contributed by atoms with van der Waals surface area (Å²) in [6.07, 6.45) is 1.54. The minimum Gasteiger partial charge on any atom is -0.489 e. The van der Waals surface area contributed by atoms with Crippen LogP contribution in [-0.2, 0) is 21.1 Å². The summed E-state index contributed by atoms with van der Waals surface area (Å²) in [7, 11) is -3.53. The van der Waals surface area contributed by atoms with Crippen LogP contribution in [0.25, 0.3) is 0 Å². The van der Waals surface area contributed by atoms with Crippen molar-refractivity contribution in [1.29, 1.82) is 0 Å². The number of carbonyl (C=O) groups excluding carboxylic acids is 1. The fourth-order valence-corrected chi connectivity index (χ4v) is 6.23. The van der Waals surface area contributed by atoms with Crippen molar-refractivity contribution in [3.05, 3.63) is 57.3 Å². The first-order chi connectivity index (χ1) is 19.5. The average molecular weight is 693 g/mol. The van der Waals surface area contributed by atoms with Crippen molar-refractivity contribution in [2.45, 2.75) is 50.5 Å². The average Bonchev–Trinajstić information content (AvgIpc) is 3.26. The summed E-state index contributed by atoms with van der Waals surface area (Å²) in [5.41, 5.74) is 2.46. The maximum Gasteiger partial charge on any atom is 0.268 e. The smallest absolute Gasteiger partial charge is 0.268 e. The van der Waals surface area contributed by atoms with Crippen LogP contribution < -0.4 is 15.4 Å². The maximum absolute atomic E-state index is 13.4. The van der Waals surface area contributed by atoms with E-state index in [9.17, 15) is 13.2 Å². The summed E-state index contributed by atoms with van der Waals surface area (Å²) < 4.78 is 38.2. The molecule has 0 atom stereocenters. The number of hydrogen-bond acceptors (Lipinski definition) is 10. The number of carbonyl (C=O) groups is 1. The lowest BCUT2D eigenvalue weighted by atomic mass is 10.1. The van der Waals surface area contributed by atoms with E-state index in [1.807, 2.05) is 24.9 Å². The number of morpholine rings is 1. The number of para-hydroxylation sites is 1. The summed E-state index contributed by atoms with van der Waals surface area (Å²) in [6, 6.07) is 10.4. The molecule has 13 heteroatoms. The molecule has 41 heavy (non-hydrogen) atoms. The third-order valence-electron chi connectivity index (χ3n) is 6.74. The fourth-order valence-electron chi connectivity index (χ4n) is 4.63. The van der Waals surface area contributed by atoms with Gasteiger partial charge in [0.05, 0.1) is 51.0 Å². The molecule has 3 aromatic rings. The molecule has 1 aromatic heterocycles. The molecule has 0 saturated carbocycles. The molecular formula is C28H33IN6O5S. The van der Waals surface area contributed by atoms with Crippen molar-refractivity contribution in [1.82, 2.24) is 20.0 Å². The third kappa shape index (κ3) is 6.27. The Hall–Kier alpha value is -3.01. The molecular weight excluding hydrogens is 659 g/mol. The van der Waals surface area contributed by atoms with Crippen molar-refractivity contribution in [3.63, 3.8) is 0 Å². The van der Waals surface area contributed by atoms with Gasteiger partial charge in [-0.25, -0.2) is 18.4 Å². The molecule has 0 unspecified atom stereocenters. The molecule has 1 saturated heterocycles. The zero-order chi connectivity index (χ0) is 29.3. The second kappa shape index (κ2) is 12.1. The second-order valence-corrected chi connectivity index (χ2v) is 14.0.